The van der Waals surface area contributed by atoms with Gasteiger partial charge < -0.3 is 5.32 Å². The van der Waals surface area contributed by atoms with Crippen LogP contribution in [0.25, 0.3) is 0 Å². The second kappa shape index (κ2) is 3.47. The molecular weight excluding hydrogens is 130 g/mol. The van der Waals surface area contributed by atoms with E-state index in [-0.39, 0.29) is 0 Å². The summed E-state index contributed by atoms with van der Waals surface area (Å²) >= 11 is 0. The maximum Gasteiger partial charge on any atom is 0.0141 e. The first-order chi connectivity index (χ1) is 4.29. The van der Waals surface area contributed by atoms with Crippen molar-refractivity contribution in [3.8, 4) is 0 Å². The fourth-order valence-electron chi connectivity index (χ4n) is 1.35. The third-order valence-electron chi connectivity index (χ3n) is 1.75. The first kappa shape index (κ1) is 7.42. The molecule has 0 aromatic rings. The molecule has 1 saturated heterocycles. The molecule has 0 aliphatic carbocycles. The minimum atomic E-state index is 0.326. The molecule has 1 unspecified atom stereocenters. The predicted molar refractivity (Wildman–Crippen MR) is 46.7 cm³/mol. The standard InChI is InChI=1S/C7H17NS/c1-9(2)6-7-4-3-5-8-7/h7-9H,3-6H2,1-2H3. The summed E-state index contributed by atoms with van der Waals surface area (Å²) < 4.78 is 0. The van der Waals surface area contributed by atoms with E-state index in [4.69, 9.17) is 0 Å². The normalized spacial score (nSPS) is 28.7. The zero-order chi connectivity index (χ0) is 6.69. The number of hydrogen-bond acceptors (Lipinski definition) is 1. The molecule has 1 aliphatic heterocycles. The molecule has 0 aromatic carbocycles. The van der Waals surface area contributed by atoms with E-state index in [2.05, 4.69) is 17.8 Å². The van der Waals surface area contributed by atoms with Gasteiger partial charge in [-0.25, -0.2) is 0 Å². The zero-order valence-electron chi connectivity index (χ0n) is 6.35. The second-order valence-electron chi connectivity index (χ2n) is 3.06. The Balaban J connectivity index is 2.11. The predicted octanol–water partition coefficient (Wildman–Crippen LogP) is 0.999. The van der Waals surface area contributed by atoms with Gasteiger partial charge in [-0.05, 0) is 37.7 Å². The van der Waals surface area contributed by atoms with Crippen LogP contribution in [-0.4, -0.2) is 30.9 Å². The minimum absolute atomic E-state index is 0.326. The Bertz CT molecular complexity index is 77.0. The molecule has 56 valence electrons. The first-order valence-corrected chi connectivity index (χ1v) is 6.09. The Morgan fingerprint density at radius 2 is 2.33 bits per heavy atom. The summed E-state index contributed by atoms with van der Waals surface area (Å²) in [5, 5.41) is 3.50. The van der Waals surface area contributed by atoms with E-state index in [9.17, 15) is 0 Å². The van der Waals surface area contributed by atoms with Crippen LogP contribution in [0, 0.1) is 0 Å². The highest BCUT2D eigenvalue weighted by Crippen LogP contribution is 2.18. The van der Waals surface area contributed by atoms with E-state index in [0.29, 0.717) is 10.9 Å². The lowest BCUT2D eigenvalue weighted by Gasteiger charge is -2.14. The van der Waals surface area contributed by atoms with Crippen molar-refractivity contribution in [3.63, 3.8) is 0 Å². The van der Waals surface area contributed by atoms with Crippen LogP contribution in [0.15, 0.2) is 0 Å². The molecule has 1 rings (SSSR count). The molecule has 1 N–H and O–H groups in total. The molecule has 0 radical (unpaired) electrons. The largest absolute Gasteiger partial charge is 0.313 e. The van der Waals surface area contributed by atoms with Gasteiger partial charge in [0.2, 0.25) is 0 Å². The zero-order valence-corrected chi connectivity index (χ0v) is 7.25. The lowest BCUT2D eigenvalue weighted by Crippen LogP contribution is -2.24. The van der Waals surface area contributed by atoms with Crippen molar-refractivity contribution in [2.75, 3.05) is 24.8 Å². The summed E-state index contributed by atoms with van der Waals surface area (Å²) in [6.45, 7) is 1.26. The van der Waals surface area contributed by atoms with Crippen molar-refractivity contribution in [2.45, 2.75) is 18.9 Å². The highest BCUT2D eigenvalue weighted by Gasteiger charge is 2.13. The van der Waals surface area contributed by atoms with Gasteiger partial charge in [-0.15, -0.1) is 0 Å². The van der Waals surface area contributed by atoms with E-state index in [1.807, 2.05) is 0 Å². The van der Waals surface area contributed by atoms with Crippen molar-refractivity contribution in [3.05, 3.63) is 0 Å². The average Bonchev–Trinajstić information content (AvgIpc) is 2.15. The smallest absolute Gasteiger partial charge is 0.0141 e. The van der Waals surface area contributed by atoms with Gasteiger partial charge in [0.15, 0.2) is 0 Å². The quantitative estimate of drug-likeness (QED) is 0.555. The molecule has 9 heavy (non-hydrogen) atoms. The lowest BCUT2D eigenvalue weighted by molar-refractivity contribution is 0.673. The topological polar surface area (TPSA) is 12.0 Å². The summed E-state index contributed by atoms with van der Waals surface area (Å²) in [5.41, 5.74) is 0. The Morgan fingerprint density at radius 1 is 1.56 bits per heavy atom. The van der Waals surface area contributed by atoms with Gasteiger partial charge in [0.05, 0.1) is 0 Å². The fourth-order valence-corrected chi connectivity index (χ4v) is 2.55. The second-order valence-corrected chi connectivity index (χ2v) is 5.58. The molecule has 0 saturated carbocycles. The SMILES string of the molecule is C[SH](C)CC1CCCN1. The number of nitrogens with one attached hydrogen (secondary N) is 1. The summed E-state index contributed by atoms with van der Waals surface area (Å²) in [4.78, 5) is 0. The van der Waals surface area contributed by atoms with E-state index >= 15 is 0 Å². The lowest BCUT2D eigenvalue weighted by atomic mass is 10.3. The van der Waals surface area contributed by atoms with Crippen molar-refractivity contribution in [2.24, 2.45) is 0 Å². The van der Waals surface area contributed by atoms with E-state index in [0.717, 1.165) is 6.04 Å². The van der Waals surface area contributed by atoms with Crippen LogP contribution in [0.5, 0.6) is 0 Å². The highest BCUT2D eigenvalue weighted by atomic mass is 32.2. The summed E-state index contributed by atoms with van der Waals surface area (Å²) in [5.74, 6) is 1.43. The Hall–Kier alpha value is 0.310. The molecule has 0 aromatic heterocycles. The van der Waals surface area contributed by atoms with Crippen LogP contribution >= 0.6 is 10.9 Å². The van der Waals surface area contributed by atoms with Crippen LogP contribution in [0.2, 0.25) is 0 Å². The molecule has 1 aliphatic rings. The third kappa shape index (κ3) is 2.59. The summed E-state index contributed by atoms with van der Waals surface area (Å²) in [6, 6.07) is 0.867. The van der Waals surface area contributed by atoms with Gasteiger partial charge in [-0.1, -0.05) is 0 Å². The van der Waals surface area contributed by atoms with Gasteiger partial charge in [-0.2, -0.15) is 0 Å². The van der Waals surface area contributed by atoms with Crippen LogP contribution < -0.4 is 5.32 Å². The molecule has 2 heteroatoms. The highest BCUT2D eigenvalue weighted by molar-refractivity contribution is 8.15. The van der Waals surface area contributed by atoms with Crippen molar-refractivity contribution < 1.29 is 0 Å². The maximum absolute atomic E-state index is 3.50. The number of thiol groups is 1. The van der Waals surface area contributed by atoms with Gasteiger partial charge in [-0.3, -0.25) is 10.9 Å². The number of rotatable bonds is 2. The van der Waals surface area contributed by atoms with Gasteiger partial charge in [0.25, 0.3) is 0 Å². The summed E-state index contributed by atoms with van der Waals surface area (Å²) in [7, 11) is 0.326. The molecule has 0 spiro atoms. The molecule has 1 heterocycles. The van der Waals surface area contributed by atoms with E-state index in [1.165, 1.54) is 25.1 Å². The average molecular weight is 147 g/mol. The Kier molecular flexibility index (Phi) is 2.86. The first-order valence-electron chi connectivity index (χ1n) is 3.67. The van der Waals surface area contributed by atoms with Gasteiger partial charge in [0.1, 0.15) is 0 Å². The van der Waals surface area contributed by atoms with Crippen molar-refractivity contribution >= 4 is 10.9 Å². The Labute approximate surface area is 60.6 Å². The molecule has 1 nitrogen and oxygen atoms in total. The molecule has 1 atom stereocenters. The van der Waals surface area contributed by atoms with E-state index in [1.54, 1.807) is 0 Å². The molecule has 1 fully saturated rings. The minimum Gasteiger partial charge on any atom is -0.313 e. The van der Waals surface area contributed by atoms with Crippen molar-refractivity contribution in [1.29, 1.82) is 0 Å². The van der Waals surface area contributed by atoms with Crippen LogP contribution in [0.1, 0.15) is 12.8 Å². The third-order valence-corrected chi connectivity index (χ3v) is 2.92. The van der Waals surface area contributed by atoms with Crippen LogP contribution in [-0.2, 0) is 0 Å². The maximum atomic E-state index is 3.50. The van der Waals surface area contributed by atoms with Crippen molar-refractivity contribution in [1.82, 2.24) is 5.32 Å². The van der Waals surface area contributed by atoms with Crippen LogP contribution in [0.3, 0.4) is 0 Å². The Morgan fingerprint density at radius 3 is 2.78 bits per heavy atom. The van der Waals surface area contributed by atoms with Gasteiger partial charge >= 0.3 is 0 Å². The van der Waals surface area contributed by atoms with Crippen LogP contribution in [0.4, 0.5) is 0 Å². The fraction of sp³-hybridized carbons (Fsp3) is 1.00. The molecule has 0 bridgehead atoms. The summed E-state index contributed by atoms with van der Waals surface area (Å²) in [6.07, 6.45) is 7.53. The molecular formula is C7H17NS. The molecule has 0 amide bonds. The van der Waals surface area contributed by atoms with Gasteiger partial charge in [0, 0.05) is 6.04 Å². The van der Waals surface area contributed by atoms with E-state index < -0.39 is 0 Å². The number of hydrogen-bond donors (Lipinski definition) is 2. The monoisotopic (exact) mass is 147 g/mol.